The van der Waals surface area contributed by atoms with Gasteiger partial charge in [0.05, 0.1) is 16.7 Å². The van der Waals surface area contributed by atoms with Crippen molar-refractivity contribution < 1.29 is 4.79 Å². The number of carbonyl (C=O) groups is 1. The summed E-state index contributed by atoms with van der Waals surface area (Å²) in [4.78, 5) is 30.3. The van der Waals surface area contributed by atoms with Crippen molar-refractivity contribution in [1.29, 1.82) is 0 Å². The molecule has 0 unspecified atom stereocenters. The van der Waals surface area contributed by atoms with E-state index in [1.807, 2.05) is 0 Å². The molecule has 1 fully saturated rings. The van der Waals surface area contributed by atoms with E-state index in [4.69, 9.17) is 23.2 Å². The first kappa shape index (κ1) is 20.3. The fourth-order valence-corrected chi connectivity index (χ4v) is 4.85. The molecule has 5 nitrogen and oxygen atoms in total. The summed E-state index contributed by atoms with van der Waals surface area (Å²) >= 11 is 13.3. The van der Waals surface area contributed by atoms with E-state index in [-0.39, 0.29) is 23.3 Å². The Morgan fingerprint density at radius 1 is 1.14 bits per heavy atom. The monoisotopic (exact) mass is 447 g/mol. The standard InChI is InChI=1S/C21H19Cl2N3O2S/c22-13-4-3-5-15(10-13)24-19(27)12-29-21-25-18-11-14(23)8-9-17(18)20(28)26(21)16-6-1-2-7-16/h3-5,8-11,16H,1-2,6-7,12H2,(H,24,27). The molecule has 1 N–H and O–H groups in total. The minimum absolute atomic E-state index is 0.0729. The number of hydrogen-bond acceptors (Lipinski definition) is 4. The number of rotatable bonds is 5. The zero-order valence-corrected chi connectivity index (χ0v) is 17.9. The van der Waals surface area contributed by atoms with Crippen LogP contribution in [0.2, 0.25) is 10.0 Å². The van der Waals surface area contributed by atoms with Gasteiger partial charge in [-0.25, -0.2) is 4.98 Å². The van der Waals surface area contributed by atoms with Crippen LogP contribution in [0.3, 0.4) is 0 Å². The van der Waals surface area contributed by atoms with Crippen molar-refractivity contribution >= 4 is 57.5 Å². The largest absolute Gasteiger partial charge is 0.325 e. The van der Waals surface area contributed by atoms with Crippen molar-refractivity contribution in [3.05, 3.63) is 62.9 Å². The summed E-state index contributed by atoms with van der Waals surface area (Å²) in [5.41, 5.74) is 1.11. The Hall–Kier alpha value is -2.02. The molecule has 1 aliphatic carbocycles. The van der Waals surface area contributed by atoms with Gasteiger partial charge < -0.3 is 5.32 Å². The number of hydrogen-bond donors (Lipinski definition) is 1. The molecule has 0 saturated heterocycles. The minimum atomic E-state index is -0.185. The van der Waals surface area contributed by atoms with Crippen LogP contribution in [0.4, 0.5) is 5.69 Å². The second-order valence-corrected chi connectivity index (χ2v) is 8.83. The number of anilines is 1. The number of nitrogens with zero attached hydrogens (tertiary/aromatic N) is 2. The van der Waals surface area contributed by atoms with Gasteiger partial charge in [0.2, 0.25) is 5.91 Å². The van der Waals surface area contributed by atoms with E-state index < -0.39 is 0 Å². The van der Waals surface area contributed by atoms with Crippen molar-refractivity contribution in [2.24, 2.45) is 0 Å². The lowest BCUT2D eigenvalue weighted by atomic mass is 10.2. The Labute approximate surface area is 182 Å². The molecule has 0 radical (unpaired) electrons. The minimum Gasteiger partial charge on any atom is -0.325 e. The van der Waals surface area contributed by atoms with Crippen molar-refractivity contribution in [2.45, 2.75) is 36.9 Å². The predicted octanol–water partition coefficient (Wildman–Crippen LogP) is 5.55. The molecule has 1 saturated carbocycles. The highest BCUT2D eigenvalue weighted by molar-refractivity contribution is 7.99. The zero-order chi connectivity index (χ0) is 20.4. The lowest BCUT2D eigenvalue weighted by molar-refractivity contribution is -0.113. The fraction of sp³-hybridized carbons (Fsp3) is 0.286. The Kier molecular flexibility index (Phi) is 6.13. The molecule has 2 aromatic carbocycles. The maximum Gasteiger partial charge on any atom is 0.262 e. The van der Waals surface area contributed by atoms with Crippen LogP contribution in [0.25, 0.3) is 10.9 Å². The summed E-state index contributed by atoms with van der Waals surface area (Å²) < 4.78 is 1.76. The molecule has 1 aliphatic rings. The highest BCUT2D eigenvalue weighted by Gasteiger charge is 2.23. The number of thioether (sulfide) groups is 1. The van der Waals surface area contributed by atoms with Gasteiger partial charge in [0.25, 0.3) is 5.56 Å². The molecular formula is C21H19Cl2N3O2S. The van der Waals surface area contributed by atoms with Crippen molar-refractivity contribution in [3.8, 4) is 0 Å². The summed E-state index contributed by atoms with van der Waals surface area (Å²) in [6.45, 7) is 0. The average Bonchev–Trinajstić information content (AvgIpc) is 3.20. The summed E-state index contributed by atoms with van der Waals surface area (Å²) in [7, 11) is 0. The quantitative estimate of drug-likeness (QED) is 0.411. The second kappa shape index (κ2) is 8.78. The molecule has 8 heteroatoms. The normalized spacial score (nSPS) is 14.4. The van der Waals surface area contributed by atoms with Gasteiger partial charge in [-0.15, -0.1) is 0 Å². The fourth-order valence-electron chi connectivity index (χ4n) is 3.63. The lowest BCUT2D eigenvalue weighted by Crippen LogP contribution is -2.27. The molecular weight excluding hydrogens is 429 g/mol. The number of carbonyl (C=O) groups excluding carboxylic acids is 1. The smallest absolute Gasteiger partial charge is 0.262 e. The molecule has 0 bridgehead atoms. The number of aromatic nitrogens is 2. The van der Waals surface area contributed by atoms with Crippen LogP contribution < -0.4 is 10.9 Å². The van der Waals surface area contributed by atoms with Gasteiger partial charge in [-0.1, -0.05) is 53.9 Å². The van der Waals surface area contributed by atoms with Gasteiger partial charge in [0.15, 0.2) is 5.16 Å². The molecule has 150 valence electrons. The summed E-state index contributed by atoms with van der Waals surface area (Å²) in [5, 5.41) is 5.01. The summed E-state index contributed by atoms with van der Waals surface area (Å²) in [6.07, 6.45) is 4.08. The van der Waals surface area contributed by atoms with Gasteiger partial charge in [0, 0.05) is 21.8 Å². The number of benzene rings is 2. The van der Waals surface area contributed by atoms with Crippen LogP contribution in [-0.4, -0.2) is 21.2 Å². The van der Waals surface area contributed by atoms with E-state index in [0.29, 0.717) is 31.8 Å². The molecule has 0 atom stereocenters. The number of nitrogens with one attached hydrogen (secondary N) is 1. The molecule has 1 aromatic heterocycles. The summed E-state index contributed by atoms with van der Waals surface area (Å²) in [5.74, 6) is -0.0479. The third kappa shape index (κ3) is 4.60. The molecule has 0 aliphatic heterocycles. The number of halogens is 2. The third-order valence-corrected chi connectivity index (χ3v) is 6.38. The van der Waals surface area contributed by atoms with E-state index >= 15 is 0 Å². The van der Waals surface area contributed by atoms with Gasteiger partial charge in [-0.05, 0) is 49.2 Å². The van der Waals surface area contributed by atoms with Crippen LogP contribution in [0.5, 0.6) is 0 Å². The first-order valence-electron chi connectivity index (χ1n) is 9.41. The van der Waals surface area contributed by atoms with Crippen molar-refractivity contribution in [3.63, 3.8) is 0 Å². The van der Waals surface area contributed by atoms with E-state index in [0.717, 1.165) is 25.7 Å². The highest BCUT2D eigenvalue weighted by atomic mass is 35.5. The number of fused-ring (bicyclic) bond motifs is 1. The van der Waals surface area contributed by atoms with Crippen molar-refractivity contribution in [2.75, 3.05) is 11.1 Å². The van der Waals surface area contributed by atoms with E-state index in [1.54, 1.807) is 47.0 Å². The first-order chi connectivity index (χ1) is 14.0. The Bertz CT molecular complexity index is 1130. The predicted molar refractivity (Wildman–Crippen MR) is 119 cm³/mol. The van der Waals surface area contributed by atoms with E-state index in [9.17, 15) is 9.59 Å². The highest BCUT2D eigenvalue weighted by Crippen LogP contribution is 2.32. The van der Waals surface area contributed by atoms with Gasteiger partial charge in [-0.3, -0.25) is 14.2 Å². The number of amides is 1. The Morgan fingerprint density at radius 3 is 2.66 bits per heavy atom. The van der Waals surface area contributed by atoms with E-state index in [1.165, 1.54) is 11.8 Å². The Balaban J connectivity index is 1.62. The van der Waals surface area contributed by atoms with Gasteiger partial charge >= 0.3 is 0 Å². The molecule has 1 amide bonds. The third-order valence-electron chi connectivity index (χ3n) is 4.96. The average molecular weight is 448 g/mol. The molecule has 3 aromatic rings. The van der Waals surface area contributed by atoms with Crippen LogP contribution in [0.15, 0.2) is 52.4 Å². The summed E-state index contributed by atoms with van der Waals surface area (Å²) in [6, 6.07) is 12.2. The molecule has 29 heavy (non-hydrogen) atoms. The maximum atomic E-state index is 13.2. The van der Waals surface area contributed by atoms with Gasteiger partial charge in [-0.2, -0.15) is 0 Å². The molecule has 1 heterocycles. The van der Waals surface area contributed by atoms with Crippen LogP contribution in [-0.2, 0) is 4.79 Å². The van der Waals surface area contributed by atoms with E-state index in [2.05, 4.69) is 10.3 Å². The van der Waals surface area contributed by atoms with Crippen molar-refractivity contribution in [1.82, 2.24) is 9.55 Å². The van der Waals surface area contributed by atoms with Gasteiger partial charge in [0.1, 0.15) is 0 Å². The molecule has 0 spiro atoms. The molecule has 4 rings (SSSR count). The SMILES string of the molecule is O=C(CSc1nc2cc(Cl)ccc2c(=O)n1C1CCCC1)Nc1cccc(Cl)c1. The van der Waals surface area contributed by atoms with Crippen LogP contribution in [0.1, 0.15) is 31.7 Å². The Morgan fingerprint density at radius 2 is 1.90 bits per heavy atom. The maximum absolute atomic E-state index is 13.2. The first-order valence-corrected chi connectivity index (χ1v) is 11.2. The zero-order valence-electron chi connectivity index (χ0n) is 15.5. The van der Waals surface area contributed by atoms with Crippen LogP contribution >= 0.6 is 35.0 Å². The topological polar surface area (TPSA) is 64.0 Å². The van der Waals surface area contributed by atoms with Crippen LogP contribution in [0, 0.1) is 0 Å². The second-order valence-electron chi connectivity index (χ2n) is 7.02. The lowest BCUT2D eigenvalue weighted by Gasteiger charge is -2.18.